The summed E-state index contributed by atoms with van der Waals surface area (Å²) in [5.41, 5.74) is 5.10. The van der Waals surface area contributed by atoms with E-state index in [-0.39, 0.29) is 10.6 Å². The Hall–Kier alpha value is -2.62. The molecule has 112 valence electrons. The molecule has 0 bridgehead atoms. The molecule has 2 aromatic carbocycles. The molecule has 0 N–H and O–H groups in total. The van der Waals surface area contributed by atoms with Gasteiger partial charge >= 0.3 is 0 Å². The molecule has 4 heteroatoms. The maximum Gasteiger partial charge on any atom is 0.269 e. The summed E-state index contributed by atoms with van der Waals surface area (Å²) in [7, 11) is 0. The van der Waals surface area contributed by atoms with Gasteiger partial charge in [0, 0.05) is 30.9 Å². The first-order valence-corrected chi connectivity index (χ1v) is 7.39. The number of nitro benzene ring substituents is 1. The van der Waals surface area contributed by atoms with E-state index in [2.05, 4.69) is 42.2 Å². The third kappa shape index (κ3) is 3.01. The van der Waals surface area contributed by atoms with Gasteiger partial charge in [-0.2, -0.15) is 0 Å². The number of benzene rings is 2. The number of aryl methyl sites for hydroxylation is 1. The van der Waals surface area contributed by atoms with Crippen molar-refractivity contribution in [3.8, 4) is 0 Å². The highest BCUT2D eigenvalue weighted by molar-refractivity contribution is 5.69. The molecule has 3 rings (SSSR count). The standard InChI is InChI=1S/C18H18N2O2/c1-14-2-4-15(5-3-14)16-10-12-19(13-11-16)17-6-8-18(9-7-17)20(21)22/h2-10H,11-13H2,1H3. The van der Waals surface area contributed by atoms with Crippen LogP contribution in [0.2, 0.25) is 0 Å². The average molecular weight is 294 g/mol. The molecule has 0 spiro atoms. The van der Waals surface area contributed by atoms with Crippen molar-refractivity contribution in [2.24, 2.45) is 0 Å². The van der Waals surface area contributed by atoms with Crippen LogP contribution in [-0.4, -0.2) is 18.0 Å². The SMILES string of the molecule is Cc1ccc(C2=CCN(c3ccc([N+](=O)[O-])cc3)CC2)cc1. The lowest BCUT2D eigenvalue weighted by Gasteiger charge is -2.28. The number of nitrogens with zero attached hydrogens (tertiary/aromatic N) is 2. The molecule has 1 aliphatic heterocycles. The van der Waals surface area contributed by atoms with Gasteiger partial charge in [0.25, 0.3) is 5.69 Å². The lowest BCUT2D eigenvalue weighted by molar-refractivity contribution is -0.384. The molecule has 1 heterocycles. The highest BCUT2D eigenvalue weighted by atomic mass is 16.6. The Morgan fingerprint density at radius 2 is 1.73 bits per heavy atom. The summed E-state index contributed by atoms with van der Waals surface area (Å²) in [6.07, 6.45) is 3.23. The van der Waals surface area contributed by atoms with Crippen LogP contribution in [0.15, 0.2) is 54.6 Å². The largest absolute Gasteiger partial charge is 0.367 e. The second-order valence-electron chi connectivity index (χ2n) is 5.56. The summed E-state index contributed by atoms with van der Waals surface area (Å²) in [4.78, 5) is 12.6. The smallest absolute Gasteiger partial charge is 0.269 e. The third-order valence-electron chi connectivity index (χ3n) is 4.06. The number of anilines is 1. The second-order valence-corrected chi connectivity index (χ2v) is 5.56. The fourth-order valence-electron chi connectivity index (χ4n) is 2.72. The summed E-state index contributed by atoms with van der Waals surface area (Å²) in [5.74, 6) is 0. The molecule has 4 nitrogen and oxygen atoms in total. The van der Waals surface area contributed by atoms with E-state index in [1.165, 1.54) is 16.7 Å². The van der Waals surface area contributed by atoms with E-state index in [0.717, 1.165) is 25.2 Å². The van der Waals surface area contributed by atoms with Crippen molar-refractivity contribution in [3.63, 3.8) is 0 Å². The minimum absolute atomic E-state index is 0.136. The number of hydrogen-bond donors (Lipinski definition) is 0. The molecule has 1 aliphatic rings. The van der Waals surface area contributed by atoms with Crippen molar-refractivity contribution in [2.45, 2.75) is 13.3 Å². The molecule has 0 fully saturated rings. The minimum Gasteiger partial charge on any atom is -0.367 e. The fourth-order valence-corrected chi connectivity index (χ4v) is 2.72. The van der Waals surface area contributed by atoms with Gasteiger partial charge in [-0.15, -0.1) is 0 Å². The van der Waals surface area contributed by atoms with Gasteiger partial charge in [-0.3, -0.25) is 10.1 Å². The van der Waals surface area contributed by atoms with E-state index in [4.69, 9.17) is 0 Å². The van der Waals surface area contributed by atoms with Gasteiger partial charge in [-0.25, -0.2) is 0 Å². The highest BCUT2D eigenvalue weighted by Gasteiger charge is 2.14. The quantitative estimate of drug-likeness (QED) is 0.629. The lowest BCUT2D eigenvalue weighted by Crippen LogP contribution is -2.28. The van der Waals surface area contributed by atoms with Crippen molar-refractivity contribution in [3.05, 3.63) is 75.8 Å². The van der Waals surface area contributed by atoms with E-state index in [9.17, 15) is 10.1 Å². The number of non-ortho nitro benzene ring substituents is 1. The van der Waals surface area contributed by atoms with Crippen molar-refractivity contribution < 1.29 is 4.92 Å². The third-order valence-corrected chi connectivity index (χ3v) is 4.06. The Morgan fingerprint density at radius 1 is 1.05 bits per heavy atom. The first kappa shape index (κ1) is 14.3. The monoisotopic (exact) mass is 294 g/mol. The molecular weight excluding hydrogens is 276 g/mol. The van der Waals surface area contributed by atoms with Gasteiger partial charge in [-0.1, -0.05) is 35.9 Å². The molecule has 0 saturated carbocycles. The van der Waals surface area contributed by atoms with E-state index >= 15 is 0 Å². The first-order chi connectivity index (χ1) is 10.6. The summed E-state index contributed by atoms with van der Waals surface area (Å²) in [5, 5.41) is 10.7. The van der Waals surface area contributed by atoms with Gasteiger partial charge in [0.05, 0.1) is 4.92 Å². The molecule has 0 amide bonds. The topological polar surface area (TPSA) is 46.4 Å². The number of rotatable bonds is 3. The normalized spacial score (nSPS) is 14.6. The van der Waals surface area contributed by atoms with E-state index in [1.807, 2.05) is 12.1 Å². The zero-order valence-corrected chi connectivity index (χ0v) is 12.5. The summed E-state index contributed by atoms with van der Waals surface area (Å²) in [6, 6.07) is 15.4. The molecule has 0 radical (unpaired) electrons. The molecule has 2 aromatic rings. The summed E-state index contributed by atoms with van der Waals surface area (Å²) >= 11 is 0. The summed E-state index contributed by atoms with van der Waals surface area (Å²) < 4.78 is 0. The minimum atomic E-state index is -0.366. The van der Waals surface area contributed by atoms with Crippen LogP contribution < -0.4 is 4.90 Å². The van der Waals surface area contributed by atoms with Crippen LogP contribution in [0.25, 0.3) is 5.57 Å². The molecule has 0 aromatic heterocycles. The van der Waals surface area contributed by atoms with Crippen molar-refractivity contribution in [1.29, 1.82) is 0 Å². The molecule has 0 aliphatic carbocycles. The van der Waals surface area contributed by atoms with E-state index in [1.54, 1.807) is 12.1 Å². The lowest BCUT2D eigenvalue weighted by atomic mass is 9.98. The van der Waals surface area contributed by atoms with Crippen LogP contribution in [0.3, 0.4) is 0 Å². The molecule has 0 unspecified atom stereocenters. The summed E-state index contributed by atoms with van der Waals surface area (Å²) in [6.45, 7) is 3.86. The number of hydrogen-bond acceptors (Lipinski definition) is 3. The van der Waals surface area contributed by atoms with Gasteiger partial charge in [0.1, 0.15) is 0 Å². The maximum absolute atomic E-state index is 10.7. The Bertz CT molecular complexity index is 703. The zero-order valence-electron chi connectivity index (χ0n) is 12.5. The van der Waals surface area contributed by atoms with Crippen LogP contribution in [-0.2, 0) is 0 Å². The molecular formula is C18H18N2O2. The van der Waals surface area contributed by atoms with Crippen LogP contribution in [0, 0.1) is 17.0 Å². The Kier molecular flexibility index (Phi) is 3.92. The van der Waals surface area contributed by atoms with Gasteiger partial charge < -0.3 is 4.90 Å². The van der Waals surface area contributed by atoms with Crippen molar-refractivity contribution in [2.75, 3.05) is 18.0 Å². The maximum atomic E-state index is 10.7. The van der Waals surface area contributed by atoms with Crippen molar-refractivity contribution >= 4 is 16.9 Å². The first-order valence-electron chi connectivity index (χ1n) is 7.39. The van der Waals surface area contributed by atoms with Gasteiger partial charge in [0.2, 0.25) is 0 Å². The number of nitro groups is 1. The second kappa shape index (κ2) is 6.02. The van der Waals surface area contributed by atoms with Crippen LogP contribution in [0.4, 0.5) is 11.4 Å². The van der Waals surface area contributed by atoms with E-state index < -0.39 is 0 Å². The zero-order chi connectivity index (χ0) is 15.5. The Labute approximate surface area is 129 Å². The Morgan fingerprint density at radius 3 is 2.27 bits per heavy atom. The molecule has 22 heavy (non-hydrogen) atoms. The predicted molar refractivity (Wildman–Crippen MR) is 89.1 cm³/mol. The predicted octanol–water partition coefficient (Wildman–Crippen LogP) is 4.20. The highest BCUT2D eigenvalue weighted by Crippen LogP contribution is 2.26. The van der Waals surface area contributed by atoms with Crippen LogP contribution >= 0.6 is 0 Å². The van der Waals surface area contributed by atoms with Crippen molar-refractivity contribution in [1.82, 2.24) is 0 Å². The molecule has 0 saturated heterocycles. The Balaban J connectivity index is 1.72. The average Bonchev–Trinajstić information content (AvgIpc) is 2.56. The van der Waals surface area contributed by atoms with Crippen LogP contribution in [0.1, 0.15) is 17.5 Å². The van der Waals surface area contributed by atoms with Crippen LogP contribution in [0.5, 0.6) is 0 Å². The van der Waals surface area contributed by atoms with E-state index in [0.29, 0.717) is 0 Å². The fraction of sp³-hybridized carbons (Fsp3) is 0.222. The van der Waals surface area contributed by atoms with Gasteiger partial charge in [0.15, 0.2) is 0 Å². The molecule has 0 atom stereocenters. The van der Waals surface area contributed by atoms with Gasteiger partial charge in [-0.05, 0) is 36.6 Å².